The Hall–Kier alpha value is -3.50. The van der Waals surface area contributed by atoms with E-state index >= 15 is 0 Å². The minimum Gasteiger partial charge on any atom is -0.483 e. The summed E-state index contributed by atoms with van der Waals surface area (Å²) in [5.41, 5.74) is 5.83. The number of hydrogen-bond donors (Lipinski definition) is 3. The number of halogens is 1. The summed E-state index contributed by atoms with van der Waals surface area (Å²) in [5, 5.41) is 4.29. The van der Waals surface area contributed by atoms with Gasteiger partial charge < -0.3 is 14.8 Å². The normalized spacial score (nSPS) is 10.3. The summed E-state index contributed by atoms with van der Waals surface area (Å²) < 4.78 is 11.4. The van der Waals surface area contributed by atoms with E-state index in [0.29, 0.717) is 12.2 Å². The van der Waals surface area contributed by atoms with Gasteiger partial charge in [0, 0.05) is 12.8 Å². The van der Waals surface area contributed by atoms with Crippen LogP contribution in [0.5, 0.6) is 5.75 Å². The average molecular weight is 558 g/mol. The lowest BCUT2D eigenvalue weighted by atomic mass is 10.1. The molecule has 2 amide bonds. The highest BCUT2D eigenvalue weighted by molar-refractivity contribution is 9.10. The number of hydrogen-bond acceptors (Lipinski definition) is 6. The van der Waals surface area contributed by atoms with Gasteiger partial charge in [0.05, 0.1) is 17.5 Å². The first kappa shape index (κ1) is 26.1. The highest BCUT2D eigenvalue weighted by atomic mass is 79.9. The van der Waals surface area contributed by atoms with Gasteiger partial charge in [0.15, 0.2) is 11.7 Å². The second kappa shape index (κ2) is 13.4. The third kappa shape index (κ3) is 8.66. The first-order chi connectivity index (χ1) is 16.9. The second-order valence-electron chi connectivity index (χ2n) is 7.39. The fraction of sp³-hybridized carbons (Fsp3) is 0.200. The molecule has 0 saturated heterocycles. The molecule has 8 nitrogen and oxygen atoms in total. The number of carbonyl (C=O) groups is 3. The van der Waals surface area contributed by atoms with Gasteiger partial charge in [-0.05, 0) is 50.6 Å². The molecule has 3 aromatic carbocycles. The molecule has 0 fully saturated rings. The van der Waals surface area contributed by atoms with Crippen molar-refractivity contribution in [3.05, 3.63) is 76.8 Å². The number of nitrogens with one attached hydrogen (secondary N) is 3. The number of amides is 2. The maximum atomic E-state index is 12.1. The van der Waals surface area contributed by atoms with Crippen LogP contribution in [0.1, 0.15) is 18.4 Å². The number of hydrazine groups is 1. The van der Waals surface area contributed by atoms with Crippen molar-refractivity contribution < 1.29 is 23.9 Å². The van der Waals surface area contributed by atoms with Crippen molar-refractivity contribution in [3.63, 3.8) is 0 Å². The molecule has 0 aromatic heterocycles. The molecule has 0 aliphatic heterocycles. The molecule has 3 N–H and O–H groups in total. The number of rotatable bonds is 9. The maximum Gasteiger partial charge on any atom is 0.306 e. The molecular formula is C25H24BrN3O5S. The lowest BCUT2D eigenvalue weighted by Gasteiger charge is -2.12. The van der Waals surface area contributed by atoms with E-state index in [4.69, 9.17) is 21.7 Å². The van der Waals surface area contributed by atoms with E-state index in [-0.39, 0.29) is 31.2 Å². The molecule has 0 saturated carbocycles. The smallest absolute Gasteiger partial charge is 0.306 e. The molecule has 10 heteroatoms. The van der Waals surface area contributed by atoms with Gasteiger partial charge in [0.2, 0.25) is 5.91 Å². The highest BCUT2D eigenvalue weighted by Gasteiger charge is 2.11. The van der Waals surface area contributed by atoms with Crippen molar-refractivity contribution in [2.75, 3.05) is 13.2 Å². The fourth-order valence-electron chi connectivity index (χ4n) is 3.07. The Bertz CT molecular complexity index is 1210. The van der Waals surface area contributed by atoms with Crippen LogP contribution in [-0.4, -0.2) is 36.1 Å². The maximum absolute atomic E-state index is 12.1. The predicted octanol–water partition coefficient (Wildman–Crippen LogP) is 3.57. The van der Waals surface area contributed by atoms with Crippen LogP contribution in [0, 0.1) is 0 Å². The summed E-state index contributed by atoms with van der Waals surface area (Å²) in [4.78, 5) is 35.8. The Balaban J connectivity index is 1.30. The summed E-state index contributed by atoms with van der Waals surface area (Å²) in [7, 11) is 0. The van der Waals surface area contributed by atoms with Crippen LogP contribution < -0.4 is 20.9 Å². The van der Waals surface area contributed by atoms with E-state index in [9.17, 15) is 14.4 Å². The van der Waals surface area contributed by atoms with Gasteiger partial charge in [0.25, 0.3) is 5.91 Å². The predicted molar refractivity (Wildman–Crippen MR) is 140 cm³/mol. The van der Waals surface area contributed by atoms with Gasteiger partial charge in [-0.25, -0.2) is 0 Å². The standard InChI is InChI=1S/C25H24BrN3O5S/c26-24-19-9-5-4-8-18(19)10-11-20(24)34-16-22(31)28-29-25(35)27-21(30)12-13-23(32)33-15-14-17-6-2-1-3-7-17/h1-11H,12-16H2,(H,28,31)(H2,27,29,30,35). The van der Waals surface area contributed by atoms with Gasteiger partial charge >= 0.3 is 5.97 Å². The monoisotopic (exact) mass is 557 g/mol. The molecular weight excluding hydrogens is 534 g/mol. The molecule has 0 atom stereocenters. The number of benzene rings is 3. The Morgan fingerprint density at radius 2 is 1.60 bits per heavy atom. The Labute approximate surface area is 216 Å². The number of carbonyl (C=O) groups excluding carboxylic acids is 3. The fourth-order valence-corrected chi connectivity index (χ4v) is 3.84. The quantitative estimate of drug-likeness (QED) is 0.210. The van der Waals surface area contributed by atoms with Crippen molar-refractivity contribution in [1.82, 2.24) is 16.2 Å². The number of ether oxygens (including phenoxy) is 2. The van der Waals surface area contributed by atoms with E-state index in [1.807, 2.05) is 60.7 Å². The number of thiocarbonyl (C=S) groups is 1. The zero-order valence-corrected chi connectivity index (χ0v) is 21.1. The molecule has 0 aliphatic carbocycles. The Morgan fingerprint density at radius 3 is 2.40 bits per heavy atom. The largest absolute Gasteiger partial charge is 0.483 e. The zero-order chi connectivity index (χ0) is 25.0. The first-order valence-corrected chi connectivity index (χ1v) is 12.0. The zero-order valence-electron chi connectivity index (χ0n) is 18.7. The van der Waals surface area contributed by atoms with Crippen LogP contribution in [-0.2, 0) is 25.5 Å². The van der Waals surface area contributed by atoms with Gasteiger partial charge in [-0.15, -0.1) is 0 Å². The molecule has 0 heterocycles. The summed E-state index contributed by atoms with van der Waals surface area (Å²) in [6.45, 7) is -0.0242. The molecule has 0 aliphatic rings. The van der Waals surface area contributed by atoms with Gasteiger partial charge in [-0.2, -0.15) is 0 Å². The number of fused-ring (bicyclic) bond motifs is 1. The minimum atomic E-state index is -0.497. The van der Waals surface area contributed by atoms with Crippen LogP contribution >= 0.6 is 28.1 Å². The summed E-state index contributed by atoms with van der Waals surface area (Å²) in [6, 6.07) is 21.1. The van der Waals surface area contributed by atoms with Gasteiger partial charge in [0.1, 0.15) is 5.75 Å². The van der Waals surface area contributed by atoms with Crippen molar-refractivity contribution in [2.45, 2.75) is 19.3 Å². The molecule has 0 unspecified atom stereocenters. The second-order valence-corrected chi connectivity index (χ2v) is 8.60. The average Bonchev–Trinajstić information content (AvgIpc) is 2.86. The van der Waals surface area contributed by atoms with Crippen molar-refractivity contribution in [3.8, 4) is 5.75 Å². The van der Waals surface area contributed by atoms with Crippen LogP contribution in [0.2, 0.25) is 0 Å². The van der Waals surface area contributed by atoms with Crippen LogP contribution in [0.4, 0.5) is 0 Å². The van der Waals surface area contributed by atoms with E-state index < -0.39 is 17.8 Å². The first-order valence-electron chi connectivity index (χ1n) is 10.8. The molecule has 35 heavy (non-hydrogen) atoms. The SMILES string of the molecule is O=C(COc1ccc2ccccc2c1Br)NNC(=S)NC(=O)CCC(=O)OCCc1ccccc1. The van der Waals surface area contributed by atoms with E-state index in [1.165, 1.54) is 0 Å². The van der Waals surface area contributed by atoms with Gasteiger partial charge in [-0.3, -0.25) is 25.2 Å². The highest BCUT2D eigenvalue weighted by Crippen LogP contribution is 2.32. The molecule has 182 valence electrons. The number of esters is 1. The molecule has 0 radical (unpaired) electrons. The van der Waals surface area contributed by atoms with E-state index in [0.717, 1.165) is 20.8 Å². The van der Waals surface area contributed by atoms with Crippen molar-refractivity contribution in [1.29, 1.82) is 0 Å². The third-order valence-electron chi connectivity index (χ3n) is 4.81. The van der Waals surface area contributed by atoms with Crippen LogP contribution in [0.25, 0.3) is 10.8 Å². The van der Waals surface area contributed by atoms with Gasteiger partial charge in [-0.1, -0.05) is 60.7 Å². The summed E-state index contributed by atoms with van der Waals surface area (Å²) in [6.07, 6.45) is 0.428. The van der Waals surface area contributed by atoms with Crippen molar-refractivity contribution >= 4 is 61.8 Å². The molecule has 0 spiro atoms. The third-order valence-corrected chi connectivity index (χ3v) is 5.83. The lowest BCUT2D eigenvalue weighted by Crippen LogP contribution is -2.49. The Kier molecular flexibility index (Phi) is 10.00. The van der Waals surface area contributed by atoms with Crippen LogP contribution in [0.15, 0.2) is 71.2 Å². The van der Waals surface area contributed by atoms with E-state index in [1.54, 1.807) is 6.07 Å². The minimum absolute atomic E-state index is 0.0793. The van der Waals surface area contributed by atoms with E-state index in [2.05, 4.69) is 32.1 Å². The summed E-state index contributed by atoms with van der Waals surface area (Å²) >= 11 is 8.48. The van der Waals surface area contributed by atoms with Crippen LogP contribution in [0.3, 0.4) is 0 Å². The molecule has 3 aromatic rings. The Morgan fingerprint density at radius 1 is 0.857 bits per heavy atom. The molecule has 0 bridgehead atoms. The topological polar surface area (TPSA) is 106 Å². The lowest BCUT2D eigenvalue weighted by molar-refractivity contribution is -0.144. The van der Waals surface area contributed by atoms with Crippen molar-refractivity contribution in [2.24, 2.45) is 0 Å². The summed E-state index contributed by atoms with van der Waals surface area (Å²) in [5.74, 6) is -0.928. The molecule has 3 rings (SSSR count).